The first-order valence-corrected chi connectivity index (χ1v) is 27.9. The van der Waals surface area contributed by atoms with Gasteiger partial charge in [-0.1, -0.05) is 152 Å². The standard InChI is InChI=1S/C39H30BN3O4.C33H18ClN3O2.CH4/c1-38(2)39(3,4)47-40(46-38)26-16-19-32-30(22-26)29-18-15-25(21-34(29)45-32)37-42-35(23-10-6-5-7-11-23)41-36(43-37)24-14-17-28-27-12-8-9-13-31(27)44-33(28)20-24;34-22-12-15-28-26(18-22)25-14-11-21(17-30(25)39-28)33-36-31(19-6-2-1-3-7-19)35-32(37-33)20-10-13-24-23-8-4-5-9-27(23)38-29(24)16-20;/h5-22H,1-4H3;1-18H;1H4/i5D,6D,7D,10D,11D;1D,2D,3D,6D,7D;. The highest BCUT2D eigenvalue weighted by Gasteiger charge is 2.51. The molecule has 7 heterocycles. The minimum Gasteiger partial charge on any atom is -0.456 e. The maximum atomic E-state index is 8.66. The second kappa shape index (κ2) is 20.7. The molecule has 420 valence electrons. The van der Waals surface area contributed by atoms with Gasteiger partial charge < -0.3 is 27.0 Å². The summed E-state index contributed by atoms with van der Waals surface area (Å²) in [5.74, 6) is 0.849. The number of aromatic nitrogens is 6. The molecule has 1 aliphatic rings. The van der Waals surface area contributed by atoms with Crippen LogP contribution in [0.3, 0.4) is 0 Å². The van der Waals surface area contributed by atoms with E-state index in [4.69, 9.17) is 67.2 Å². The Balaban J connectivity index is 0.000000159. The zero-order valence-corrected chi connectivity index (χ0v) is 46.9. The molecule has 0 N–H and O–H groups in total. The molecule has 0 spiro atoms. The summed E-state index contributed by atoms with van der Waals surface area (Å²) < 4.78 is 121. The lowest BCUT2D eigenvalue weighted by atomic mass is 9.78. The van der Waals surface area contributed by atoms with Gasteiger partial charge in [0.2, 0.25) is 0 Å². The van der Waals surface area contributed by atoms with Crippen molar-refractivity contribution in [1.82, 2.24) is 29.9 Å². The largest absolute Gasteiger partial charge is 0.494 e. The molecule has 10 aromatic carbocycles. The van der Waals surface area contributed by atoms with Crippen LogP contribution in [-0.4, -0.2) is 48.2 Å². The Morgan fingerprint density at radius 3 is 1.06 bits per heavy atom. The summed E-state index contributed by atoms with van der Waals surface area (Å²) in [6, 6.07) is 44.6. The van der Waals surface area contributed by atoms with Crippen LogP contribution in [0.15, 0.2) is 236 Å². The highest BCUT2D eigenvalue weighted by atomic mass is 35.5. The molecule has 0 bridgehead atoms. The summed E-state index contributed by atoms with van der Waals surface area (Å²) in [6.07, 6.45) is 0. The van der Waals surface area contributed by atoms with Gasteiger partial charge in [-0.3, -0.25) is 0 Å². The van der Waals surface area contributed by atoms with Crippen LogP contribution >= 0.6 is 11.6 Å². The van der Waals surface area contributed by atoms with Crippen molar-refractivity contribution in [3.63, 3.8) is 0 Å². The summed E-state index contributed by atoms with van der Waals surface area (Å²) in [5, 5.41) is 7.90. The lowest BCUT2D eigenvalue weighted by Crippen LogP contribution is -2.41. The topological polar surface area (TPSA) is 148 Å². The van der Waals surface area contributed by atoms with Crippen molar-refractivity contribution in [3.05, 3.63) is 223 Å². The minimum absolute atomic E-state index is 0. The van der Waals surface area contributed by atoms with Crippen LogP contribution in [0.4, 0.5) is 0 Å². The van der Waals surface area contributed by atoms with Gasteiger partial charge in [-0.05, 0) is 118 Å². The molecule has 12 nitrogen and oxygen atoms in total. The Kier molecular flexibility index (Phi) is 10.3. The van der Waals surface area contributed by atoms with E-state index in [1.54, 1.807) is 12.1 Å². The number of hydrogen-bond acceptors (Lipinski definition) is 12. The van der Waals surface area contributed by atoms with Gasteiger partial charge >= 0.3 is 7.12 Å². The average molecular weight is 1170 g/mol. The number of hydrogen-bond donors (Lipinski definition) is 0. The molecule has 1 aliphatic heterocycles. The third-order valence-electron chi connectivity index (χ3n) is 16.0. The summed E-state index contributed by atoms with van der Waals surface area (Å²) in [7, 11) is -0.527. The van der Waals surface area contributed by atoms with Gasteiger partial charge in [-0.25, -0.2) is 29.9 Å². The second-order valence-corrected chi connectivity index (χ2v) is 22.3. The fraction of sp³-hybridized carbons (Fsp3) is 0.0959. The first kappa shape index (κ1) is 43.3. The molecular weight excluding hydrogens is 1100 g/mol. The molecule has 1 saturated heterocycles. The molecule has 17 rings (SSSR count). The normalized spacial score (nSPS) is 15.4. The third kappa shape index (κ3) is 9.44. The van der Waals surface area contributed by atoms with Gasteiger partial charge in [-0.2, -0.15) is 0 Å². The minimum atomic E-state index is -0.527. The van der Waals surface area contributed by atoms with Crippen molar-refractivity contribution in [3.8, 4) is 68.3 Å². The molecule has 16 aromatic rings. The zero-order valence-electron chi connectivity index (χ0n) is 56.1. The van der Waals surface area contributed by atoms with E-state index in [0.29, 0.717) is 60.8 Å². The van der Waals surface area contributed by atoms with E-state index in [1.165, 1.54) is 0 Å². The number of fused-ring (bicyclic) bond motifs is 12. The van der Waals surface area contributed by atoms with Crippen molar-refractivity contribution < 1.29 is 40.7 Å². The Morgan fingerprint density at radius 2 is 0.655 bits per heavy atom. The molecule has 6 aromatic heterocycles. The van der Waals surface area contributed by atoms with Crippen molar-refractivity contribution >= 4 is 112 Å². The van der Waals surface area contributed by atoms with Crippen LogP contribution < -0.4 is 5.46 Å². The molecule has 0 saturated carbocycles. The fourth-order valence-electron chi connectivity index (χ4n) is 10.9. The predicted molar refractivity (Wildman–Crippen MR) is 349 cm³/mol. The van der Waals surface area contributed by atoms with E-state index in [-0.39, 0.29) is 53.5 Å². The number of para-hydroxylation sites is 2. The number of halogens is 1. The molecule has 0 unspecified atom stereocenters. The fourth-order valence-corrected chi connectivity index (χ4v) is 11.1. The van der Waals surface area contributed by atoms with Crippen LogP contribution in [-0.2, 0) is 9.31 Å². The molecule has 87 heavy (non-hydrogen) atoms. The lowest BCUT2D eigenvalue weighted by Gasteiger charge is -2.32. The van der Waals surface area contributed by atoms with Gasteiger partial charge in [0.1, 0.15) is 44.7 Å². The van der Waals surface area contributed by atoms with E-state index in [0.717, 1.165) is 59.7 Å². The van der Waals surface area contributed by atoms with Gasteiger partial charge in [0.15, 0.2) is 34.9 Å². The van der Waals surface area contributed by atoms with Crippen LogP contribution in [0.2, 0.25) is 5.02 Å². The van der Waals surface area contributed by atoms with E-state index in [1.807, 2.05) is 173 Å². The maximum Gasteiger partial charge on any atom is 0.494 e. The molecule has 14 heteroatoms. The van der Waals surface area contributed by atoms with E-state index in [9.17, 15) is 0 Å². The average Bonchev–Trinajstić information content (AvgIpc) is 1.68. The Labute approximate surface area is 518 Å². The second-order valence-electron chi connectivity index (χ2n) is 21.8. The number of furan rings is 4. The summed E-state index contributed by atoms with van der Waals surface area (Å²) >= 11 is 6.23. The first-order chi connectivity index (χ1) is 46.1. The smallest absolute Gasteiger partial charge is 0.456 e. The van der Waals surface area contributed by atoms with Gasteiger partial charge in [-0.15, -0.1) is 0 Å². The first-order valence-electron chi connectivity index (χ1n) is 32.5. The van der Waals surface area contributed by atoms with Crippen molar-refractivity contribution in [2.45, 2.75) is 46.3 Å². The van der Waals surface area contributed by atoms with E-state index < -0.39 is 78.7 Å². The van der Waals surface area contributed by atoms with Gasteiger partial charge in [0.05, 0.1) is 24.9 Å². The molecule has 0 amide bonds. The lowest BCUT2D eigenvalue weighted by molar-refractivity contribution is 0.00578. The molecule has 0 radical (unpaired) electrons. The van der Waals surface area contributed by atoms with Crippen molar-refractivity contribution in [1.29, 1.82) is 0 Å². The highest BCUT2D eigenvalue weighted by Crippen LogP contribution is 2.40. The van der Waals surface area contributed by atoms with Crippen molar-refractivity contribution in [2.75, 3.05) is 0 Å². The Morgan fingerprint density at radius 1 is 0.333 bits per heavy atom. The Bertz CT molecular complexity index is 5940. The van der Waals surface area contributed by atoms with Crippen LogP contribution in [0, 0.1) is 0 Å². The van der Waals surface area contributed by atoms with E-state index in [2.05, 4.69) is 15.0 Å². The molecule has 1 fully saturated rings. The number of benzene rings is 10. The summed E-state index contributed by atoms with van der Waals surface area (Å²) in [4.78, 5) is 28.3. The van der Waals surface area contributed by atoms with Crippen LogP contribution in [0.25, 0.3) is 156 Å². The van der Waals surface area contributed by atoms with Crippen LogP contribution in [0.1, 0.15) is 48.8 Å². The highest BCUT2D eigenvalue weighted by molar-refractivity contribution is 6.62. The summed E-state index contributed by atoms with van der Waals surface area (Å²) in [5.41, 5.74) is 7.36. The SMILES string of the molecule is C.[2H]c1c([2H])c([2H])c(-c2nc(-c3ccc4c(c3)oc3ccccc34)nc(-c3ccc4c(c3)oc3ccc(B5OC(C)(C)C(C)(C)O5)cc34)n2)c([2H])c1[2H].[2H]c1c([2H])c([2H])c(-c2nc(-c3ccc4c(c3)oc3ccccc34)nc(-c3ccc4c(c3)oc3ccc(Cl)cc34)n2)c([2H])c1[2H]. The molecule has 0 aliphatic carbocycles. The number of rotatable bonds is 7. The zero-order chi connectivity index (χ0) is 66.5. The number of nitrogens with zero attached hydrogens (tertiary/aromatic N) is 6. The van der Waals surface area contributed by atoms with Gasteiger partial charge in [0, 0.05) is 81.5 Å². The predicted octanol–water partition coefficient (Wildman–Crippen LogP) is 18.9. The van der Waals surface area contributed by atoms with E-state index >= 15 is 0 Å². The monoisotopic (exact) mass is 1160 g/mol. The quantitative estimate of drug-likeness (QED) is 0.140. The maximum absolute atomic E-state index is 8.66. The van der Waals surface area contributed by atoms with Crippen molar-refractivity contribution in [2.24, 2.45) is 0 Å². The van der Waals surface area contributed by atoms with Gasteiger partial charge in [0.25, 0.3) is 0 Å². The summed E-state index contributed by atoms with van der Waals surface area (Å²) in [6.45, 7) is 8.08. The molecular formula is C73H52BClN6O6. The Hall–Kier alpha value is -10.3. The third-order valence-corrected chi connectivity index (χ3v) is 16.2. The molecule has 0 atom stereocenters. The van der Waals surface area contributed by atoms with Crippen LogP contribution in [0.5, 0.6) is 0 Å².